The zero-order valence-corrected chi connectivity index (χ0v) is 16.8. The van der Waals surface area contributed by atoms with E-state index in [0.29, 0.717) is 43.9 Å². The van der Waals surface area contributed by atoms with E-state index in [1.54, 1.807) is 47.0 Å². The first-order valence-electron chi connectivity index (χ1n) is 8.05. The normalized spacial score (nSPS) is 17.4. The molecule has 0 bridgehead atoms. The predicted molar refractivity (Wildman–Crippen MR) is 105 cm³/mol. The zero-order chi connectivity index (χ0) is 17.6. The van der Waals surface area contributed by atoms with E-state index in [2.05, 4.69) is 0 Å². The molecule has 1 fully saturated rings. The van der Waals surface area contributed by atoms with Crippen LogP contribution in [-0.2, 0) is 14.8 Å². The third kappa shape index (κ3) is 5.86. The Balaban J connectivity index is 0.00000312. The van der Waals surface area contributed by atoms with Gasteiger partial charge in [-0.2, -0.15) is 16.1 Å². The van der Waals surface area contributed by atoms with Crippen molar-refractivity contribution in [1.29, 1.82) is 0 Å². The number of benzene rings is 1. The molecule has 0 unspecified atom stereocenters. The summed E-state index contributed by atoms with van der Waals surface area (Å²) in [6.07, 6.45) is 3.24. The maximum atomic E-state index is 12.7. The Morgan fingerprint density at radius 3 is 2.52 bits per heavy atom. The monoisotopic (exact) mass is 407 g/mol. The minimum atomic E-state index is -3.51. The number of nitrogens with zero attached hydrogens (tertiary/aromatic N) is 2. The molecule has 6 nitrogen and oxygen atoms in total. The highest BCUT2D eigenvalue weighted by Crippen LogP contribution is 2.17. The Morgan fingerprint density at radius 1 is 1.20 bits per heavy atom. The van der Waals surface area contributed by atoms with Gasteiger partial charge in [0.1, 0.15) is 0 Å². The van der Waals surface area contributed by atoms with E-state index in [1.165, 1.54) is 4.31 Å². The summed E-state index contributed by atoms with van der Waals surface area (Å²) in [5, 5.41) is 0. The van der Waals surface area contributed by atoms with Crippen molar-refractivity contribution < 1.29 is 13.2 Å². The average molecular weight is 408 g/mol. The summed E-state index contributed by atoms with van der Waals surface area (Å²) in [7, 11) is -3.51. The van der Waals surface area contributed by atoms with Crippen molar-refractivity contribution >= 4 is 40.1 Å². The van der Waals surface area contributed by atoms with Crippen LogP contribution in [0, 0.1) is 0 Å². The molecule has 1 aliphatic rings. The molecule has 0 spiro atoms. The Hall–Kier alpha value is -0.800. The highest BCUT2D eigenvalue weighted by molar-refractivity contribution is 7.98. The summed E-state index contributed by atoms with van der Waals surface area (Å²) in [5.41, 5.74) is 5.96. The number of thioether (sulfide) groups is 1. The van der Waals surface area contributed by atoms with Crippen LogP contribution in [-0.4, -0.2) is 67.8 Å². The standard InChI is InChI=1S/C16H25N3O3S2.ClH/c1-23-13-8-15(17)16(20)18-9-5-10-19(12-11-18)24(21,22)14-6-3-2-4-7-14;/h2-4,6-7,15H,5,8-13,17H2,1H3;1H/t15-;/m0./s1. The summed E-state index contributed by atoms with van der Waals surface area (Å²) >= 11 is 1.66. The van der Waals surface area contributed by atoms with Crippen molar-refractivity contribution in [1.82, 2.24) is 9.21 Å². The molecule has 1 aliphatic heterocycles. The summed E-state index contributed by atoms with van der Waals surface area (Å²) in [5.74, 6) is 0.762. The molecule has 1 aromatic carbocycles. The summed E-state index contributed by atoms with van der Waals surface area (Å²) < 4.78 is 26.8. The number of nitrogens with two attached hydrogens (primary N) is 1. The minimum absolute atomic E-state index is 0. The van der Waals surface area contributed by atoms with Gasteiger partial charge in [0.15, 0.2) is 0 Å². The lowest BCUT2D eigenvalue weighted by Gasteiger charge is -2.24. The first kappa shape index (κ1) is 22.2. The molecule has 1 amide bonds. The average Bonchev–Trinajstić information content (AvgIpc) is 2.86. The molecular formula is C16H26ClN3O3S2. The molecule has 0 aromatic heterocycles. The van der Waals surface area contributed by atoms with Crippen LogP contribution in [0.1, 0.15) is 12.8 Å². The molecular weight excluding hydrogens is 382 g/mol. The lowest BCUT2D eigenvalue weighted by molar-refractivity contribution is -0.132. The van der Waals surface area contributed by atoms with Crippen molar-refractivity contribution in [2.24, 2.45) is 5.73 Å². The van der Waals surface area contributed by atoms with Gasteiger partial charge < -0.3 is 10.6 Å². The van der Waals surface area contributed by atoms with Crippen molar-refractivity contribution in [2.75, 3.05) is 38.2 Å². The van der Waals surface area contributed by atoms with E-state index in [-0.39, 0.29) is 18.3 Å². The molecule has 9 heteroatoms. The molecule has 2 N–H and O–H groups in total. The fraction of sp³-hybridized carbons (Fsp3) is 0.562. The Morgan fingerprint density at radius 2 is 1.88 bits per heavy atom. The van der Waals surface area contributed by atoms with Crippen molar-refractivity contribution in [2.45, 2.75) is 23.8 Å². The third-order valence-electron chi connectivity index (χ3n) is 4.10. The number of carbonyl (C=O) groups is 1. The fourth-order valence-corrected chi connectivity index (χ4v) is 4.68. The maximum absolute atomic E-state index is 12.7. The summed E-state index contributed by atoms with van der Waals surface area (Å²) in [6.45, 7) is 1.66. The van der Waals surface area contributed by atoms with Crippen molar-refractivity contribution in [3.63, 3.8) is 0 Å². The van der Waals surface area contributed by atoms with Gasteiger partial charge in [-0.1, -0.05) is 18.2 Å². The topological polar surface area (TPSA) is 83.7 Å². The van der Waals surface area contributed by atoms with Crippen LogP contribution >= 0.6 is 24.2 Å². The highest BCUT2D eigenvalue weighted by atomic mass is 35.5. The molecule has 0 radical (unpaired) electrons. The van der Waals surface area contributed by atoms with Gasteiger partial charge in [0.2, 0.25) is 15.9 Å². The van der Waals surface area contributed by atoms with Crippen LogP contribution in [0.3, 0.4) is 0 Å². The number of halogens is 1. The summed E-state index contributed by atoms with van der Waals surface area (Å²) in [6, 6.07) is 7.91. The molecule has 1 heterocycles. The maximum Gasteiger partial charge on any atom is 0.243 e. The van der Waals surface area contributed by atoms with Gasteiger partial charge >= 0.3 is 0 Å². The number of amides is 1. The number of carbonyl (C=O) groups excluding carboxylic acids is 1. The van der Waals surface area contributed by atoms with Gasteiger partial charge in [-0.15, -0.1) is 12.4 Å². The number of hydrogen-bond acceptors (Lipinski definition) is 5. The van der Waals surface area contributed by atoms with Crippen molar-refractivity contribution in [3.8, 4) is 0 Å². The molecule has 2 rings (SSSR count). The SMILES string of the molecule is CSCC[C@H](N)C(=O)N1CCCN(S(=O)(=O)c2ccccc2)CC1.Cl. The second-order valence-electron chi connectivity index (χ2n) is 5.78. The van der Waals surface area contributed by atoms with Gasteiger partial charge in [-0.3, -0.25) is 4.79 Å². The number of hydrogen-bond donors (Lipinski definition) is 1. The Labute approximate surface area is 160 Å². The molecule has 0 saturated carbocycles. The first-order chi connectivity index (χ1) is 11.5. The van der Waals surface area contributed by atoms with E-state index in [0.717, 1.165) is 5.75 Å². The van der Waals surface area contributed by atoms with Crippen molar-refractivity contribution in [3.05, 3.63) is 30.3 Å². The quantitative estimate of drug-likeness (QED) is 0.770. The molecule has 0 aliphatic carbocycles. The van der Waals surface area contributed by atoms with E-state index in [4.69, 9.17) is 5.73 Å². The number of rotatable bonds is 6. The van der Waals surface area contributed by atoms with Crippen LogP contribution in [0.5, 0.6) is 0 Å². The van der Waals surface area contributed by atoms with Crippen LogP contribution in [0.25, 0.3) is 0 Å². The van der Waals surface area contributed by atoms with Crippen LogP contribution in [0.2, 0.25) is 0 Å². The van der Waals surface area contributed by atoms with Gasteiger partial charge in [-0.25, -0.2) is 8.42 Å². The Bertz CT molecular complexity index is 643. The molecule has 25 heavy (non-hydrogen) atoms. The highest BCUT2D eigenvalue weighted by Gasteiger charge is 2.29. The van der Waals surface area contributed by atoms with Gasteiger partial charge in [-0.05, 0) is 37.0 Å². The number of sulfonamides is 1. The van der Waals surface area contributed by atoms with E-state index in [9.17, 15) is 13.2 Å². The third-order valence-corrected chi connectivity index (χ3v) is 6.65. The molecule has 1 saturated heterocycles. The zero-order valence-electron chi connectivity index (χ0n) is 14.3. The second kappa shape index (κ2) is 10.4. The minimum Gasteiger partial charge on any atom is -0.340 e. The molecule has 1 aromatic rings. The van der Waals surface area contributed by atoms with Gasteiger partial charge in [0, 0.05) is 26.2 Å². The van der Waals surface area contributed by atoms with E-state index < -0.39 is 16.1 Å². The van der Waals surface area contributed by atoms with E-state index >= 15 is 0 Å². The van der Waals surface area contributed by atoms with Crippen LogP contribution in [0.4, 0.5) is 0 Å². The molecule has 1 atom stereocenters. The van der Waals surface area contributed by atoms with Crippen LogP contribution in [0.15, 0.2) is 35.2 Å². The van der Waals surface area contributed by atoms with E-state index in [1.807, 2.05) is 6.26 Å². The lowest BCUT2D eigenvalue weighted by Crippen LogP contribution is -2.45. The summed E-state index contributed by atoms with van der Waals surface area (Å²) in [4.78, 5) is 14.4. The smallest absolute Gasteiger partial charge is 0.243 e. The van der Waals surface area contributed by atoms with Gasteiger partial charge in [0.25, 0.3) is 0 Å². The van der Waals surface area contributed by atoms with Crippen LogP contribution < -0.4 is 5.73 Å². The first-order valence-corrected chi connectivity index (χ1v) is 10.9. The largest absolute Gasteiger partial charge is 0.340 e. The van der Waals surface area contributed by atoms with Gasteiger partial charge in [0.05, 0.1) is 10.9 Å². The second-order valence-corrected chi connectivity index (χ2v) is 8.71. The predicted octanol–water partition coefficient (Wildman–Crippen LogP) is 1.41. The Kier molecular flexibility index (Phi) is 9.23. The lowest BCUT2D eigenvalue weighted by atomic mass is 10.2. The fourth-order valence-electron chi connectivity index (χ4n) is 2.70. The molecule has 142 valence electrons.